The lowest BCUT2D eigenvalue weighted by Crippen LogP contribution is -2.12. The number of nitrogens with zero attached hydrogens (tertiary/aromatic N) is 2. The van der Waals surface area contributed by atoms with Gasteiger partial charge in [0, 0.05) is 29.9 Å². The van der Waals surface area contributed by atoms with Gasteiger partial charge in [0.05, 0.1) is 0 Å². The second-order valence-electron chi connectivity index (χ2n) is 3.65. The Balaban J connectivity index is 2.05. The molecule has 0 atom stereocenters. The van der Waals surface area contributed by atoms with Crippen molar-refractivity contribution in [1.29, 1.82) is 0 Å². The summed E-state index contributed by atoms with van der Waals surface area (Å²) in [4.78, 5) is 20.1. The number of hydrogen-bond acceptors (Lipinski definition) is 5. The van der Waals surface area contributed by atoms with E-state index in [0.29, 0.717) is 16.5 Å². The second-order valence-corrected chi connectivity index (χ2v) is 4.54. The van der Waals surface area contributed by atoms with Gasteiger partial charge in [0.25, 0.3) is 5.91 Å². The number of pyridine rings is 1. The molecule has 2 heterocycles. The maximum atomic E-state index is 11.9. The van der Waals surface area contributed by atoms with E-state index in [9.17, 15) is 4.79 Å². The fourth-order valence-electron chi connectivity index (χ4n) is 1.38. The zero-order valence-electron chi connectivity index (χ0n) is 10.0. The van der Waals surface area contributed by atoms with Crippen LogP contribution in [0.4, 0.5) is 10.9 Å². The van der Waals surface area contributed by atoms with Crippen LogP contribution >= 0.6 is 11.3 Å². The Morgan fingerprint density at radius 2 is 2.28 bits per heavy atom. The molecule has 0 unspecified atom stereocenters. The lowest BCUT2D eigenvalue weighted by molar-refractivity contribution is 0.102. The fraction of sp³-hybridized carbons (Fsp3) is 0.250. The van der Waals surface area contributed by atoms with Crippen molar-refractivity contribution < 1.29 is 4.79 Å². The van der Waals surface area contributed by atoms with Crippen LogP contribution in [0.2, 0.25) is 0 Å². The molecular formula is C12H14N4OS. The average molecular weight is 262 g/mol. The Morgan fingerprint density at radius 3 is 3.00 bits per heavy atom. The molecule has 94 valence electrons. The molecule has 0 fully saturated rings. The van der Waals surface area contributed by atoms with Crippen molar-refractivity contribution in [3.8, 4) is 0 Å². The van der Waals surface area contributed by atoms with E-state index in [4.69, 9.17) is 0 Å². The molecule has 0 aromatic carbocycles. The van der Waals surface area contributed by atoms with E-state index in [-0.39, 0.29) is 5.91 Å². The van der Waals surface area contributed by atoms with E-state index in [1.165, 1.54) is 11.3 Å². The first-order chi connectivity index (χ1) is 8.79. The smallest absolute Gasteiger partial charge is 0.257 e. The second kappa shape index (κ2) is 6.11. The van der Waals surface area contributed by atoms with E-state index in [1.807, 2.05) is 5.38 Å². The van der Waals surface area contributed by atoms with E-state index in [1.54, 1.807) is 24.5 Å². The zero-order valence-corrected chi connectivity index (χ0v) is 10.8. The minimum atomic E-state index is -0.174. The lowest BCUT2D eigenvalue weighted by atomic mass is 10.2. The van der Waals surface area contributed by atoms with Crippen LogP contribution in [0.3, 0.4) is 0 Å². The summed E-state index contributed by atoms with van der Waals surface area (Å²) in [6.45, 7) is 2.91. The summed E-state index contributed by atoms with van der Waals surface area (Å²) in [5, 5.41) is 8.29. The number of amides is 1. The summed E-state index contributed by atoms with van der Waals surface area (Å²) in [5.74, 6) is 0.538. The van der Waals surface area contributed by atoms with E-state index in [0.717, 1.165) is 13.0 Å². The number of thiazole rings is 1. The van der Waals surface area contributed by atoms with Crippen LogP contribution in [-0.4, -0.2) is 22.4 Å². The highest BCUT2D eigenvalue weighted by atomic mass is 32.1. The molecule has 2 aromatic rings. The van der Waals surface area contributed by atoms with Crippen molar-refractivity contribution in [1.82, 2.24) is 9.97 Å². The number of aromatic nitrogens is 2. The summed E-state index contributed by atoms with van der Waals surface area (Å²) >= 11 is 1.39. The molecule has 0 radical (unpaired) electrons. The SMILES string of the molecule is CCCNc1cc(C(=O)Nc2nccs2)ccn1. The first-order valence-corrected chi connectivity index (χ1v) is 6.58. The van der Waals surface area contributed by atoms with Gasteiger partial charge in [-0.25, -0.2) is 9.97 Å². The van der Waals surface area contributed by atoms with E-state index >= 15 is 0 Å². The Hall–Kier alpha value is -1.95. The molecular weight excluding hydrogens is 248 g/mol. The van der Waals surface area contributed by atoms with Gasteiger partial charge in [0.15, 0.2) is 5.13 Å². The average Bonchev–Trinajstić information content (AvgIpc) is 2.89. The van der Waals surface area contributed by atoms with Gasteiger partial charge in [-0.2, -0.15) is 0 Å². The first-order valence-electron chi connectivity index (χ1n) is 5.70. The van der Waals surface area contributed by atoms with Crippen LogP contribution in [0.15, 0.2) is 29.9 Å². The summed E-state index contributed by atoms with van der Waals surface area (Å²) in [6.07, 6.45) is 4.28. The van der Waals surface area contributed by atoms with Gasteiger partial charge in [-0.15, -0.1) is 11.3 Å². The quantitative estimate of drug-likeness (QED) is 0.869. The number of carbonyl (C=O) groups excluding carboxylic acids is 1. The molecule has 2 rings (SSSR count). The van der Waals surface area contributed by atoms with Crippen molar-refractivity contribution in [3.05, 3.63) is 35.5 Å². The van der Waals surface area contributed by atoms with Gasteiger partial charge in [-0.3, -0.25) is 10.1 Å². The fourth-order valence-corrected chi connectivity index (χ4v) is 1.90. The van der Waals surface area contributed by atoms with Gasteiger partial charge in [0.1, 0.15) is 5.82 Å². The van der Waals surface area contributed by atoms with Gasteiger partial charge >= 0.3 is 0 Å². The Bertz CT molecular complexity index is 513. The van der Waals surface area contributed by atoms with Crippen molar-refractivity contribution in [3.63, 3.8) is 0 Å². The molecule has 1 amide bonds. The van der Waals surface area contributed by atoms with E-state index < -0.39 is 0 Å². The third kappa shape index (κ3) is 3.27. The van der Waals surface area contributed by atoms with Gasteiger partial charge < -0.3 is 5.32 Å². The highest BCUT2D eigenvalue weighted by Crippen LogP contribution is 2.13. The lowest BCUT2D eigenvalue weighted by Gasteiger charge is -2.06. The summed E-state index contributed by atoms with van der Waals surface area (Å²) in [5.41, 5.74) is 0.568. The standard InChI is InChI=1S/C12H14N4OS/c1-2-4-13-10-8-9(3-5-14-10)11(17)16-12-15-6-7-18-12/h3,5-8H,2,4H2,1H3,(H,13,14)(H,15,16,17). The minimum absolute atomic E-state index is 0.174. The molecule has 2 N–H and O–H groups in total. The predicted molar refractivity (Wildman–Crippen MR) is 73.1 cm³/mol. The molecule has 0 aliphatic rings. The van der Waals surface area contributed by atoms with Crippen LogP contribution in [-0.2, 0) is 0 Å². The summed E-state index contributed by atoms with van der Waals surface area (Å²) in [6, 6.07) is 3.42. The third-order valence-corrected chi connectivity index (χ3v) is 2.92. The molecule has 0 saturated heterocycles. The molecule has 0 bridgehead atoms. The topological polar surface area (TPSA) is 66.9 Å². The number of rotatable bonds is 5. The van der Waals surface area contributed by atoms with Crippen LogP contribution in [0.5, 0.6) is 0 Å². The zero-order chi connectivity index (χ0) is 12.8. The predicted octanol–water partition coefficient (Wildman–Crippen LogP) is 2.61. The maximum absolute atomic E-state index is 11.9. The minimum Gasteiger partial charge on any atom is -0.370 e. The number of hydrogen-bond donors (Lipinski definition) is 2. The van der Waals surface area contributed by atoms with Crippen LogP contribution < -0.4 is 10.6 Å². The van der Waals surface area contributed by atoms with E-state index in [2.05, 4.69) is 27.5 Å². The number of nitrogens with one attached hydrogen (secondary N) is 2. The Labute approximate surface area is 109 Å². The molecule has 18 heavy (non-hydrogen) atoms. The van der Waals surface area contributed by atoms with Crippen molar-refractivity contribution >= 4 is 28.2 Å². The third-order valence-electron chi connectivity index (χ3n) is 2.23. The molecule has 0 spiro atoms. The highest BCUT2D eigenvalue weighted by Gasteiger charge is 2.08. The summed E-state index contributed by atoms with van der Waals surface area (Å²) in [7, 11) is 0. The van der Waals surface area contributed by atoms with Gasteiger partial charge in [-0.05, 0) is 18.6 Å². The van der Waals surface area contributed by atoms with Crippen LogP contribution in [0.1, 0.15) is 23.7 Å². The monoisotopic (exact) mass is 262 g/mol. The molecule has 0 aliphatic carbocycles. The van der Waals surface area contributed by atoms with Crippen molar-refractivity contribution in [2.45, 2.75) is 13.3 Å². The molecule has 2 aromatic heterocycles. The van der Waals surface area contributed by atoms with Crippen LogP contribution in [0.25, 0.3) is 0 Å². The molecule has 6 heteroatoms. The largest absolute Gasteiger partial charge is 0.370 e. The first kappa shape index (κ1) is 12.5. The molecule has 0 saturated carbocycles. The normalized spacial score (nSPS) is 10.1. The number of carbonyl (C=O) groups is 1. The molecule has 0 aliphatic heterocycles. The highest BCUT2D eigenvalue weighted by molar-refractivity contribution is 7.13. The van der Waals surface area contributed by atoms with Gasteiger partial charge in [0.2, 0.25) is 0 Å². The van der Waals surface area contributed by atoms with Crippen molar-refractivity contribution in [2.24, 2.45) is 0 Å². The summed E-state index contributed by atoms with van der Waals surface area (Å²) < 4.78 is 0. The maximum Gasteiger partial charge on any atom is 0.257 e. The molecule has 5 nitrogen and oxygen atoms in total. The number of anilines is 2. The Kier molecular flexibility index (Phi) is 4.25. The Morgan fingerprint density at radius 1 is 1.39 bits per heavy atom. The van der Waals surface area contributed by atoms with Crippen molar-refractivity contribution in [2.75, 3.05) is 17.2 Å². The van der Waals surface area contributed by atoms with Crippen LogP contribution in [0, 0.1) is 0 Å². The van der Waals surface area contributed by atoms with Gasteiger partial charge in [-0.1, -0.05) is 6.92 Å².